The summed E-state index contributed by atoms with van der Waals surface area (Å²) in [5.74, 6) is 2.06. The van der Waals surface area contributed by atoms with Crippen molar-refractivity contribution in [3.8, 4) is 0 Å². The Kier molecular flexibility index (Phi) is 8.55. The zero-order valence-electron chi connectivity index (χ0n) is 13.1. The molecule has 3 aliphatic rings. The van der Waals surface area contributed by atoms with Gasteiger partial charge in [0.1, 0.15) is 0 Å². The number of piperidine rings is 2. The van der Waals surface area contributed by atoms with Crippen LogP contribution in [-0.4, -0.2) is 52.4 Å². The minimum absolute atomic E-state index is 1.03. The third kappa shape index (κ3) is 7.02. The van der Waals surface area contributed by atoms with Gasteiger partial charge >= 0.3 is 0 Å². The molecule has 3 aliphatic heterocycles. The van der Waals surface area contributed by atoms with E-state index >= 15 is 0 Å². The molecule has 3 fully saturated rings. The molecule has 0 aromatic carbocycles. The minimum atomic E-state index is 1.03. The van der Waals surface area contributed by atoms with Gasteiger partial charge in [-0.2, -0.15) is 0 Å². The molecule has 0 aromatic rings. The average Bonchev–Trinajstić information content (AvgIpc) is 2.83. The minimum Gasteiger partial charge on any atom is -0.317 e. The lowest BCUT2D eigenvalue weighted by atomic mass is 9.83. The van der Waals surface area contributed by atoms with Gasteiger partial charge in [-0.05, 0) is 89.6 Å². The molecule has 0 spiro atoms. The van der Waals surface area contributed by atoms with Crippen molar-refractivity contribution in [1.82, 2.24) is 21.3 Å². The molecule has 0 atom stereocenters. The predicted molar refractivity (Wildman–Crippen MR) is 86.2 cm³/mol. The zero-order chi connectivity index (χ0) is 13.9. The summed E-state index contributed by atoms with van der Waals surface area (Å²) in [6, 6.07) is 0. The zero-order valence-corrected chi connectivity index (χ0v) is 13.1. The van der Waals surface area contributed by atoms with E-state index in [4.69, 9.17) is 0 Å². The number of hydrogen-bond acceptors (Lipinski definition) is 4. The second kappa shape index (κ2) is 10.6. The maximum atomic E-state index is 3.44. The highest BCUT2D eigenvalue weighted by Gasteiger charge is 2.19. The SMILES string of the molecule is C1CC(CC2CCNCC2)CCN1.C1CNCCNC1. The third-order valence-electron chi connectivity index (χ3n) is 4.77. The van der Waals surface area contributed by atoms with Crippen molar-refractivity contribution in [1.29, 1.82) is 0 Å². The number of nitrogens with one attached hydrogen (secondary N) is 4. The predicted octanol–water partition coefficient (Wildman–Crippen LogP) is 0.945. The third-order valence-corrected chi connectivity index (χ3v) is 4.77. The van der Waals surface area contributed by atoms with Crippen molar-refractivity contribution in [3.05, 3.63) is 0 Å². The molecule has 3 heterocycles. The molecule has 3 rings (SSSR count). The van der Waals surface area contributed by atoms with Crippen molar-refractivity contribution in [2.75, 3.05) is 52.4 Å². The van der Waals surface area contributed by atoms with E-state index in [1.165, 1.54) is 77.8 Å². The largest absolute Gasteiger partial charge is 0.317 e. The fourth-order valence-corrected chi connectivity index (χ4v) is 3.47. The Morgan fingerprint density at radius 3 is 1.35 bits per heavy atom. The Morgan fingerprint density at radius 1 is 0.500 bits per heavy atom. The van der Waals surface area contributed by atoms with Crippen LogP contribution in [0.15, 0.2) is 0 Å². The molecule has 3 saturated heterocycles. The second-order valence-corrected chi connectivity index (χ2v) is 6.48. The first-order valence-electron chi connectivity index (χ1n) is 8.78. The number of hydrogen-bond donors (Lipinski definition) is 4. The first kappa shape index (κ1) is 16.2. The second-order valence-electron chi connectivity index (χ2n) is 6.48. The number of rotatable bonds is 2. The van der Waals surface area contributed by atoms with Gasteiger partial charge in [0, 0.05) is 13.1 Å². The Hall–Kier alpha value is -0.160. The van der Waals surface area contributed by atoms with Crippen molar-refractivity contribution in [2.45, 2.75) is 38.5 Å². The van der Waals surface area contributed by atoms with Crippen LogP contribution in [0.5, 0.6) is 0 Å². The maximum absolute atomic E-state index is 3.44. The monoisotopic (exact) mass is 282 g/mol. The van der Waals surface area contributed by atoms with Crippen LogP contribution in [0.25, 0.3) is 0 Å². The van der Waals surface area contributed by atoms with Gasteiger partial charge in [-0.1, -0.05) is 0 Å². The van der Waals surface area contributed by atoms with Crippen LogP contribution in [0.2, 0.25) is 0 Å². The molecule has 0 saturated carbocycles. The van der Waals surface area contributed by atoms with Crippen LogP contribution in [0.1, 0.15) is 38.5 Å². The standard InChI is InChI=1S/C11H22N2.C5H12N2/c1-5-12-6-2-10(1)9-11-3-7-13-8-4-11;1-2-6-4-5-7-3-1/h10-13H,1-9H2;6-7H,1-5H2. The van der Waals surface area contributed by atoms with E-state index in [-0.39, 0.29) is 0 Å². The fourth-order valence-electron chi connectivity index (χ4n) is 3.47. The van der Waals surface area contributed by atoms with E-state index in [2.05, 4.69) is 21.3 Å². The smallest absolute Gasteiger partial charge is 0.00767 e. The topological polar surface area (TPSA) is 48.1 Å². The molecule has 118 valence electrons. The summed E-state index contributed by atoms with van der Waals surface area (Å²) in [6.07, 6.45) is 8.46. The molecule has 0 aromatic heterocycles. The van der Waals surface area contributed by atoms with Gasteiger partial charge in [0.25, 0.3) is 0 Å². The van der Waals surface area contributed by atoms with E-state index in [1.54, 1.807) is 0 Å². The van der Waals surface area contributed by atoms with Gasteiger partial charge in [-0.25, -0.2) is 0 Å². The molecule has 0 amide bonds. The molecule has 20 heavy (non-hydrogen) atoms. The van der Waals surface area contributed by atoms with Gasteiger partial charge < -0.3 is 21.3 Å². The van der Waals surface area contributed by atoms with Crippen molar-refractivity contribution in [2.24, 2.45) is 11.8 Å². The molecular weight excluding hydrogens is 248 g/mol. The van der Waals surface area contributed by atoms with Crippen molar-refractivity contribution in [3.63, 3.8) is 0 Å². The quantitative estimate of drug-likeness (QED) is 0.609. The van der Waals surface area contributed by atoms with Crippen LogP contribution in [-0.2, 0) is 0 Å². The summed E-state index contributed by atoms with van der Waals surface area (Å²) in [5, 5.41) is 13.4. The van der Waals surface area contributed by atoms with E-state index in [0.717, 1.165) is 24.9 Å². The van der Waals surface area contributed by atoms with E-state index in [0.29, 0.717) is 0 Å². The van der Waals surface area contributed by atoms with Gasteiger partial charge in [0.2, 0.25) is 0 Å². The molecule has 0 radical (unpaired) electrons. The van der Waals surface area contributed by atoms with Crippen LogP contribution in [0.3, 0.4) is 0 Å². The van der Waals surface area contributed by atoms with Gasteiger partial charge in [-0.3, -0.25) is 0 Å². The van der Waals surface area contributed by atoms with Crippen LogP contribution in [0, 0.1) is 11.8 Å². The van der Waals surface area contributed by atoms with Gasteiger partial charge in [-0.15, -0.1) is 0 Å². The van der Waals surface area contributed by atoms with Crippen LogP contribution >= 0.6 is 0 Å². The van der Waals surface area contributed by atoms with Crippen LogP contribution in [0.4, 0.5) is 0 Å². The Balaban J connectivity index is 0.000000178. The lowest BCUT2D eigenvalue weighted by molar-refractivity contribution is 0.259. The van der Waals surface area contributed by atoms with Gasteiger partial charge in [0.15, 0.2) is 0 Å². The highest BCUT2D eigenvalue weighted by Crippen LogP contribution is 2.26. The van der Waals surface area contributed by atoms with Gasteiger partial charge in [0.05, 0.1) is 0 Å². The normalized spacial score (nSPS) is 26.4. The summed E-state index contributed by atoms with van der Waals surface area (Å²) in [7, 11) is 0. The summed E-state index contributed by atoms with van der Waals surface area (Å²) in [5.41, 5.74) is 0. The Morgan fingerprint density at radius 2 is 0.900 bits per heavy atom. The lowest BCUT2D eigenvalue weighted by Gasteiger charge is -2.29. The Labute approximate surface area is 124 Å². The Bertz CT molecular complexity index is 187. The molecule has 0 aliphatic carbocycles. The van der Waals surface area contributed by atoms with Crippen molar-refractivity contribution >= 4 is 0 Å². The molecular formula is C16H34N4. The molecule has 0 bridgehead atoms. The first-order valence-corrected chi connectivity index (χ1v) is 8.78. The highest BCUT2D eigenvalue weighted by molar-refractivity contribution is 4.75. The first-order chi connectivity index (χ1) is 9.95. The van der Waals surface area contributed by atoms with E-state index in [9.17, 15) is 0 Å². The summed E-state index contributed by atoms with van der Waals surface area (Å²) < 4.78 is 0. The average molecular weight is 282 g/mol. The summed E-state index contributed by atoms with van der Waals surface area (Å²) in [4.78, 5) is 0. The summed E-state index contributed by atoms with van der Waals surface area (Å²) >= 11 is 0. The highest BCUT2D eigenvalue weighted by atomic mass is 15.0. The van der Waals surface area contributed by atoms with E-state index < -0.39 is 0 Å². The molecule has 0 unspecified atom stereocenters. The molecule has 4 N–H and O–H groups in total. The molecule has 4 heteroatoms. The van der Waals surface area contributed by atoms with E-state index in [1.807, 2.05) is 0 Å². The van der Waals surface area contributed by atoms with Crippen LogP contribution < -0.4 is 21.3 Å². The summed E-state index contributed by atoms with van der Waals surface area (Å²) in [6.45, 7) is 9.69. The van der Waals surface area contributed by atoms with Crippen molar-refractivity contribution < 1.29 is 0 Å². The fraction of sp³-hybridized carbons (Fsp3) is 1.00. The maximum Gasteiger partial charge on any atom is 0.00767 e. The molecule has 4 nitrogen and oxygen atoms in total. The lowest BCUT2D eigenvalue weighted by Crippen LogP contribution is -2.32.